The Kier molecular flexibility index (Phi) is 5.19. The minimum atomic E-state index is 0.867. The number of hydrogen-bond donors (Lipinski definition) is 0. The molecule has 1 nitrogen and oxygen atoms in total. The molecular weight excluding hydrogens is 448 g/mol. The van der Waals surface area contributed by atoms with Crippen molar-refractivity contribution in [3.05, 3.63) is 146 Å². The van der Waals surface area contributed by atoms with E-state index in [9.17, 15) is 0 Å². The first-order valence-electron chi connectivity index (χ1n) is 12.6. The van der Waals surface area contributed by atoms with Crippen molar-refractivity contribution < 1.29 is 4.74 Å². The summed E-state index contributed by atoms with van der Waals surface area (Å²) in [5.74, 6) is 1.76. The van der Waals surface area contributed by atoms with Crippen molar-refractivity contribution in [2.24, 2.45) is 0 Å². The molecule has 0 fully saturated rings. The van der Waals surface area contributed by atoms with Crippen LogP contribution in [0.3, 0.4) is 0 Å². The maximum atomic E-state index is 6.82. The van der Waals surface area contributed by atoms with Crippen molar-refractivity contribution in [3.63, 3.8) is 0 Å². The number of hydrogen-bond acceptors (Lipinski definition) is 1. The van der Waals surface area contributed by atoms with Crippen LogP contribution in [0, 0.1) is 0 Å². The zero-order valence-corrected chi connectivity index (χ0v) is 20.3. The second kappa shape index (κ2) is 8.96. The van der Waals surface area contributed by atoms with Gasteiger partial charge in [-0.3, -0.25) is 0 Å². The Labute approximate surface area is 216 Å². The van der Waals surface area contributed by atoms with Crippen molar-refractivity contribution in [3.8, 4) is 33.8 Å². The lowest BCUT2D eigenvalue weighted by molar-refractivity contribution is 0.499. The van der Waals surface area contributed by atoms with Gasteiger partial charge in [0.15, 0.2) is 0 Å². The van der Waals surface area contributed by atoms with E-state index in [1.165, 1.54) is 38.4 Å². The van der Waals surface area contributed by atoms with Crippen molar-refractivity contribution in [2.75, 3.05) is 0 Å². The molecule has 0 bridgehead atoms. The van der Waals surface area contributed by atoms with E-state index in [4.69, 9.17) is 4.74 Å². The summed E-state index contributed by atoms with van der Waals surface area (Å²) in [5, 5.41) is 6.84. The fraction of sp³-hybridized carbons (Fsp3) is 0. The molecule has 0 saturated carbocycles. The molecule has 0 atom stereocenters. The average Bonchev–Trinajstić information content (AvgIpc) is 2.98. The highest BCUT2D eigenvalue weighted by Gasteiger charge is 2.19. The van der Waals surface area contributed by atoms with Gasteiger partial charge in [-0.2, -0.15) is 0 Å². The van der Waals surface area contributed by atoms with E-state index < -0.39 is 0 Å². The van der Waals surface area contributed by atoms with Gasteiger partial charge in [0, 0.05) is 16.2 Å². The van der Waals surface area contributed by atoms with Crippen LogP contribution in [0.25, 0.3) is 54.6 Å². The number of fused-ring (bicyclic) bond motifs is 3. The van der Waals surface area contributed by atoms with E-state index in [0.29, 0.717) is 0 Å². The lowest BCUT2D eigenvalue weighted by Crippen LogP contribution is -1.94. The molecule has 0 unspecified atom stereocenters. The lowest BCUT2D eigenvalue weighted by atomic mass is 9.87. The van der Waals surface area contributed by atoms with Gasteiger partial charge in [-0.15, -0.1) is 0 Å². The second-order valence-electron chi connectivity index (χ2n) is 9.29. The Morgan fingerprint density at radius 3 is 1.57 bits per heavy atom. The molecular formula is C36H24O. The van der Waals surface area contributed by atoms with Gasteiger partial charge in [0.1, 0.15) is 11.5 Å². The van der Waals surface area contributed by atoms with Crippen LogP contribution in [0.4, 0.5) is 0 Å². The van der Waals surface area contributed by atoms with Crippen LogP contribution < -0.4 is 4.74 Å². The molecule has 0 radical (unpaired) electrons. The van der Waals surface area contributed by atoms with Crippen molar-refractivity contribution in [1.82, 2.24) is 0 Å². The average molecular weight is 473 g/mol. The Morgan fingerprint density at radius 1 is 0.351 bits per heavy atom. The van der Waals surface area contributed by atoms with Crippen LogP contribution in [0.5, 0.6) is 11.5 Å². The third-order valence-corrected chi connectivity index (χ3v) is 7.12. The minimum Gasteiger partial charge on any atom is -0.455 e. The Hall–Kier alpha value is -4.88. The van der Waals surface area contributed by atoms with E-state index in [1.54, 1.807) is 0 Å². The van der Waals surface area contributed by atoms with E-state index in [0.717, 1.165) is 27.7 Å². The highest BCUT2D eigenvalue weighted by molar-refractivity contribution is 6.18. The van der Waals surface area contributed by atoms with Crippen LogP contribution in [0.15, 0.2) is 146 Å². The summed E-state index contributed by atoms with van der Waals surface area (Å²) in [5.41, 5.74) is 4.89. The summed E-state index contributed by atoms with van der Waals surface area (Å²) in [6.45, 7) is 0. The molecule has 7 aromatic carbocycles. The highest BCUT2D eigenvalue weighted by atomic mass is 16.5. The molecule has 7 aromatic rings. The summed E-state index contributed by atoms with van der Waals surface area (Å²) in [4.78, 5) is 0. The maximum Gasteiger partial charge on any atom is 0.143 e. The monoisotopic (exact) mass is 472 g/mol. The first kappa shape index (κ1) is 21.4. The SMILES string of the molecule is c1ccc(-c2ccccc2-c2c3ccccc3c(Oc3cccc4ccccc34)c3ccccc23)cc1. The molecule has 0 aliphatic heterocycles. The van der Waals surface area contributed by atoms with E-state index >= 15 is 0 Å². The normalized spacial score (nSPS) is 11.2. The zero-order chi connectivity index (χ0) is 24.6. The molecule has 0 N–H and O–H groups in total. The summed E-state index contributed by atoms with van der Waals surface area (Å²) >= 11 is 0. The van der Waals surface area contributed by atoms with Crippen LogP contribution in [-0.2, 0) is 0 Å². The Bertz CT molecular complexity index is 1840. The number of rotatable bonds is 4. The predicted octanol–water partition coefficient (Wildman–Crippen LogP) is 10.3. The quantitative estimate of drug-likeness (QED) is 0.232. The van der Waals surface area contributed by atoms with Crippen molar-refractivity contribution in [2.45, 2.75) is 0 Å². The van der Waals surface area contributed by atoms with Gasteiger partial charge in [-0.25, -0.2) is 0 Å². The third kappa shape index (κ3) is 3.64. The van der Waals surface area contributed by atoms with Gasteiger partial charge >= 0.3 is 0 Å². The van der Waals surface area contributed by atoms with Gasteiger partial charge in [-0.05, 0) is 44.5 Å². The van der Waals surface area contributed by atoms with E-state index in [1.807, 2.05) is 0 Å². The van der Waals surface area contributed by atoms with Crippen LogP contribution >= 0.6 is 0 Å². The van der Waals surface area contributed by atoms with Crippen molar-refractivity contribution in [1.29, 1.82) is 0 Å². The molecule has 0 amide bonds. The summed E-state index contributed by atoms with van der Waals surface area (Å²) in [6, 6.07) is 51.2. The first-order valence-corrected chi connectivity index (χ1v) is 12.6. The van der Waals surface area contributed by atoms with Crippen molar-refractivity contribution >= 4 is 32.3 Å². The zero-order valence-electron chi connectivity index (χ0n) is 20.3. The fourth-order valence-electron chi connectivity index (χ4n) is 5.45. The van der Waals surface area contributed by atoms with Crippen LogP contribution in [-0.4, -0.2) is 0 Å². The molecule has 37 heavy (non-hydrogen) atoms. The molecule has 0 aromatic heterocycles. The topological polar surface area (TPSA) is 9.23 Å². The van der Waals surface area contributed by atoms with Gasteiger partial charge in [0.2, 0.25) is 0 Å². The molecule has 174 valence electrons. The van der Waals surface area contributed by atoms with Crippen LogP contribution in [0.2, 0.25) is 0 Å². The molecule has 0 aliphatic rings. The molecule has 0 aliphatic carbocycles. The Morgan fingerprint density at radius 2 is 0.865 bits per heavy atom. The molecule has 0 saturated heterocycles. The molecule has 0 spiro atoms. The van der Waals surface area contributed by atoms with Crippen LogP contribution in [0.1, 0.15) is 0 Å². The molecule has 1 heteroatoms. The standard InChI is InChI=1S/C36H24O/c1-2-13-25(14-3-1)27-17-6-7-19-29(27)35-30-20-8-10-22-32(30)36(33-23-11-9-21-31(33)35)37-34-24-12-16-26-15-4-5-18-28(26)34/h1-24H. The summed E-state index contributed by atoms with van der Waals surface area (Å²) in [6.07, 6.45) is 0. The van der Waals surface area contributed by atoms with Gasteiger partial charge in [0.25, 0.3) is 0 Å². The lowest BCUT2D eigenvalue weighted by Gasteiger charge is -2.20. The maximum absolute atomic E-state index is 6.82. The summed E-state index contributed by atoms with van der Waals surface area (Å²) < 4.78 is 6.82. The Balaban J connectivity index is 1.54. The highest BCUT2D eigenvalue weighted by Crippen LogP contribution is 2.47. The predicted molar refractivity (Wildman–Crippen MR) is 156 cm³/mol. The van der Waals surface area contributed by atoms with Gasteiger partial charge in [-0.1, -0.05) is 140 Å². The second-order valence-corrected chi connectivity index (χ2v) is 9.29. The number of ether oxygens (including phenoxy) is 1. The van der Waals surface area contributed by atoms with E-state index in [-0.39, 0.29) is 0 Å². The number of benzene rings is 7. The smallest absolute Gasteiger partial charge is 0.143 e. The molecule has 7 rings (SSSR count). The fourth-order valence-corrected chi connectivity index (χ4v) is 5.45. The van der Waals surface area contributed by atoms with Gasteiger partial charge < -0.3 is 4.74 Å². The molecule has 0 heterocycles. The minimum absolute atomic E-state index is 0.867. The van der Waals surface area contributed by atoms with E-state index in [2.05, 4.69) is 146 Å². The summed E-state index contributed by atoms with van der Waals surface area (Å²) in [7, 11) is 0. The first-order chi connectivity index (χ1) is 18.4. The van der Waals surface area contributed by atoms with Gasteiger partial charge in [0.05, 0.1) is 0 Å². The largest absolute Gasteiger partial charge is 0.455 e. The third-order valence-electron chi connectivity index (χ3n) is 7.12.